The number of nitrogens with zero attached hydrogens (tertiary/aromatic N) is 1. The monoisotopic (exact) mass is 315 g/mol. The topological polar surface area (TPSA) is 22.1 Å². The SMILES string of the molecule is COc1cc(C)c(-c2cc(C(F)(F)F)cc(Cl)n2)cc1C. The van der Waals surface area contributed by atoms with E-state index >= 15 is 0 Å². The summed E-state index contributed by atoms with van der Waals surface area (Å²) in [5.74, 6) is 0.675. The van der Waals surface area contributed by atoms with Crippen LogP contribution in [0, 0.1) is 13.8 Å². The first kappa shape index (κ1) is 15.6. The first-order chi connectivity index (χ1) is 9.72. The summed E-state index contributed by atoms with van der Waals surface area (Å²) >= 11 is 5.72. The molecule has 0 saturated heterocycles. The van der Waals surface area contributed by atoms with Gasteiger partial charge in [0.15, 0.2) is 0 Å². The molecule has 0 N–H and O–H groups in total. The second-order valence-electron chi connectivity index (χ2n) is 4.70. The maximum Gasteiger partial charge on any atom is 0.416 e. The molecule has 0 aliphatic carbocycles. The number of hydrogen-bond donors (Lipinski definition) is 0. The van der Waals surface area contributed by atoms with Crippen LogP contribution in [0.1, 0.15) is 16.7 Å². The van der Waals surface area contributed by atoms with Gasteiger partial charge in [-0.1, -0.05) is 11.6 Å². The van der Waals surface area contributed by atoms with E-state index in [1.54, 1.807) is 26.2 Å². The van der Waals surface area contributed by atoms with E-state index in [1.165, 1.54) is 0 Å². The average Bonchev–Trinajstić information content (AvgIpc) is 2.39. The Morgan fingerprint density at radius 1 is 1.05 bits per heavy atom. The van der Waals surface area contributed by atoms with Crippen LogP contribution < -0.4 is 4.74 Å². The maximum absolute atomic E-state index is 12.9. The highest BCUT2D eigenvalue weighted by atomic mass is 35.5. The molecule has 0 saturated carbocycles. The molecule has 21 heavy (non-hydrogen) atoms. The van der Waals surface area contributed by atoms with E-state index in [0.29, 0.717) is 11.3 Å². The van der Waals surface area contributed by atoms with Crippen molar-refractivity contribution in [1.29, 1.82) is 0 Å². The minimum absolute atomic E-state index is 0.187. The van der Waals surface area contributed by atoms with Crippen molar-refractivity contribution in [1.82, 2.24) is 4.98 Å². The molecule has 2 rings (SSSR count). The minimum atomic E-state index is -4.46. The van der Waals surface area contributed by atoms with Gasteiger partial charge in [0.05, 0.1) is 18.4 Å². The zero-order valence-electron chi connectivity index (χ0n) is 11.7. The van der Waals surface area contributed by atoms with E-state index in [9.17, 15) is 13.2 Å². The van der Waals surface area contributed by atoms with Gasteiger partial charge in [0.25, 0.3) is 0 Å². The average molecular weight is 316 g/mol. The van der Waals surface area contributed by atoms with Crippen molar-refractivity contribution in [2.75, 3.05) is 7.11 Å². The molecule has 2 aromatic rings. The summed E-state index contributed by atoms with van der Waals surface area (Å²) in [6, 6.07) is 5.32. The molecule has 6 heteroatoms. The molecule has 1 aromatic heterocycles. The first-order valence-electron chi connectivity index (χ1n) is 6.12. The van der Waals surface area contributed by atoms with Crippen LogP contribution in [0.25, 0.3) is 11.3 Å². The number of rotatable bonds is 2. The van der Waals surface area contributed by atoms with E-state index < -0.39 is 11.7 Å². The number of pyridine rings is 1. The fourth-order valence-electron chi connectivity index (χ4n) is 2.08. The minimum Gasteiger partial charge on any atom is -0.496 e. The van der Waals surface area contributed by atoms with Gasteiger partial charge < -0.3 is 4.74 Å². The highest BCUT2D eigenvalue weighted by molar-refractivity contribution is 6.29. The summed E-state index contributed by atoms with van der Waals surface area (Å²) in [5.41, 5.74) is 1.55. The molecule has 0 fully saturated rings. The molecular formula is C15H13ClF3NO. The van der Waals surface area contributed by atoms with Gasteiger partial charge >= 0.3 is 6.18 Å². The zero-order chi connectivity index (χ0) is 15.8. The summed E-state index contributed by atoms with van der Waals surface area (Å²) < 4.78 is 43.8. The molecule has 0 aliphatic rings. The van der Waals surface area contributed by atoms with Crippen LogP contribution in [0.15, 0.2) is 24.3 Å². The van der Waals surface area contributed by atoms with E-state index in [2.05, 4.69) is 4.98 Å². The van der Waals surface area contributed by atoms with Gasteiger partial charge in [0.2, 0.25) is 0 Å². The largest absolute Gasteiger partial charge is 0.496 e. The number of alkyl halides is 3. The second kappa shape index (κ2) is 5.56. The number of aryl methyl sites for hydroxylation is 2. The Morgan fingerprint density at radius 2 is 1.71 bits per heavy atom. The summed E-state index contributed by atoms with van der Waals surface area (Å²) in [5, 5.41) is -0.187. The van der Waals surface area contributed by atoms with Crippen molar-refractivity contribution in [2.45, 2.75) is 20.0 Å². The number of halogens is 4. The van der Waals surface area contributed by atoms with Crippen LogP contribution in [0.2, 0.25) is 5.15 Å². The predicted molar refractivity (Wildman–Crippen MR) is 75.7 cm³/mol. The molecule has 0 radical (unpaired) electrons. The van der Waals surface area contributed by atoms with Gasteiger partial charge in [-0.2, -0.15) is 13.2 Å². The third-order valence-corrected chi connectivity index (χ3v) is 3.33. The first-order valence-corrected chi connectivity index (χ1v) is 6.50. The van der Waals surface area contributed by atoms with Crippen molar-refractivity contribution in [3.05, 3.63) is 46.1 Å². The number of aromatic nitrogens is 1. The molecule has 0 unspecified atom stereocenters. The quantitative estimate of drug-likeness (QED) is 0.724. The van der Waals surface area contributed by atoms with Gasteiger partial charge in [0, 0.05) is 5.56 Å². The third-order valence-electron chi connectivity index (χ3n) is 3.14. The van der Waals surface area contributed by atoms with E-state index in [1.807, 2.05) is 6.92 Å². The Balaban J connectivity index is 2.62. The second-order valence-corrected chi connectivity index (χ2v) is 5.09. The lowest BCUT2D eigenvalue weighted by Gasteiger charge is -2.13. The molecule has 0 atom stereocenters. The molecule has 0 bridgehead atoms. The van der Waals surface area contributed by atoms with E-state index in [0.717, 1.165) is 23.3 Å². The molecular weight excluding hydrogens is 303 g/mol. The fraction of sp³-hybridized carbons (Fsp3) is 0.267. The van der Waals surface area contributed by atoms with Gasteiger partial charge in [-0.25, -0.2) is 4.98 Å². The van der Waals surface area contributed by atoms with E-state index in [-0.39, 0.29) is 10.8 Å². The Bertz CT molecular complexity index is 683. The van der Waals surface area contributed by atoms with Crippen molar-refractivity contribution in [3.8, 4) is 17.0 Å². The van der Waals surface area contributed by atoms with Crippen LogP contribution >= 0.6 is 11.6 Å². The van der Waals surface area contributed by atoms with Crippen molar-refractivity contribution in [2.24, 2.45) is 0 Å². The smallest absolute Gasteiger partial charge is 0.416 e. The van der Waals surface area contributed by atoms with Crippen LogP contribution in [-0.4, -0.2) is 12.1 Å². The molecule has 112 valence electrons. The van der Waals surface area contributed by atoms with Crippen molar-refractivity contribution < 1.29 is 17.9 Å². The number of methoxy groups -OCH3 is 1. The Morgan fingerprint density at radius 3 is 2.29 bits per heavy atom. The van der Waals surface area contributed by atoms with Crippen molar-refractivity contribution in [3.63, 3.8) is 0 Å². The van der Waals surface area contributed by atoms with Gasteiger partial charge in [-0.3, -0.25) is 0 Å². The number of benzene rings is 1. The standard InChI is InChI=1S/C15H13ClF3NO/c1-8-5-13(21-3)9(2)4-11(8)12-6-10(15(17,18)19)7-14(16)20-12/h4-7H,1-3H3. The van der Waals surface area contributed by atoms with Crippen LogP contribution in [0.4, 0.5) is 13.2 Å². The maximum atomic E-state index is 12.9. The highest BCUT2D eigenvalue weighted by Gasteiger charge is 2.31. The number of ether oxygens (including phenoxy) is 1. The molecule has 1 heterocycles. The lowest BCUT2D eigenvalue weighted by atomic mass is 10.0. The summed E-state index contributed by atoms with van der Waals surface area (Å²) in [7, 11) is 1.54. The predicted octanol–water partition coefficient (Wildman–Crippen LogP) is 5.05. The lowest BCUT2D eigenvalue weighted by molar-refractivity contribution is -0.137. The Labute approximate surface area is 125 Å². The molecule has 2 nitrogen and oxygen atoms in total. The Kier molecular flexibility index (Phi) is 4.14. The molecule has 0 aliphatic heterocycles. The summed E-state index contributed by atoms with van der Waals surface area (Å²) in [6.45, 7) is 3.60. The third kappa shape index (κ3) is 3.29. The van der Waals surface area contributed by atoms with Gasteiger partial charge in [-0.15, -0.1) is 0 Å². The van der Waals surface area contributed by atoms with E-state index in [4.69, 9.17) is 16.3 Å². The zero-order valence-corrected chi connectivity index (χ0v) is 12.4. The van der Waals surface area contributed by atoms with Crippen LogP contribution in [-0.2, 0) is 6.18 Å². The molecule has 1 aromatic carbocycles. The van der Waals surface area contributed by atoms with Crippen molar-refractivity contribution >= 4 is 11.6 Å². The summed E-state index contributed by atoms with van der Waals surface area (Å²) in [4.78, 5) is 4.00. The van der Waals surface area contributed by atoms with Gasteiger partial charge in [0.1, 0.15) is 10.9 Å². The fourth-order valence-corrected chi connectivity index (χ4v) is 2.29. The van der Waals surface area contributed by atoms with Gasteiger partial charge in [-0.05, 0) is 49.2 Å². The molecule has 0 spiro atoms. The van der Waals surface area contributed by atoms with Crippen LogP contribution in [0.3, 0.4) is 0 Å². The number of hydrogen-bond acceptors (Lipinski definition) is 2. The lowest BCUT2D eigenvalue weighted by Crippen LogP contribution is -2.06. The highest BCUT2D eigenvalue weighted by Crippen LogP contribution is 2.35. The van der Waals surface area contributed by atoms with Crippen LogP contribution in [0.5, 0.6) is 5.75 Å². The normalized spacial score (nSPS) is 11.6. The Hall–Kier alpha value is -1.75. The summed E-state index contributed by atoms with van der Waals surface area (Å²) in [6.07, 6.45) is -4.46. The molecule has 0 amide bonds.